The number of benzene rings is 2. The van der Waals surface area contributed by atoms with Crippen LogP contribution in [0.15, 0.2) is 41.3 Å². The van der Waals surface area contributed by atoms with Crippen molar-refractivity contribution >= 4 is 40.0 Å². The van der Waals surface area contributed by atoms with Crippen LogP contribution in [0.4, 0.5) is 5.69 Å². The van der Waals surface area contributed by atoms with Gasteiger partial charge in [0.1, 0.15) is 0 Å². The minimum absolute atomic E-state index is 0.386. The number of nitrogens with zero attached hydrogens (tertiary/aromatic N) is 1. The molecule has 0 radical (unpaired) electrons. The first-order valence-corrected chi connectivity index (χ1v) is 8.59. The molecule has 5 heteroatoms. The maximum Gasteiger partial charge on any atom is 0.155 e. The van der Waals surface area contributed by atoms with E-state index in [9.17, 15) is 0 Å². The van der Waals surface area contributed by atoms with Gasteiger partial charge in [-0.15, -0.1) is 11.8 Å². The van der Waals surface area contributed by atoms with Crippen molar-refractivity contribution in [2.24, 2.45) is 0 Å². The van der Waals surface area contributed by atoms with E-state index in [1.807, 2.05) is 11.8 Å². The smallest absolute Gasteiger partial charge is 0.155 e. The first kappa shape index (κ1) is 14.5. The normalized spacial score (nSPS) is 16.3. The van der Waals surface area contributed by atoms with Gasteiger partial charge in [0.2, 0.25) is 0 Å². The summed E-state index contributed by atoms with van der Waals surface area (Å²) in [5.41, 5.74) is 8.43. The van der Waals surface area contributed by atoms with E-state index in [0.29, 0.717) is 29.5 Å². The van der Waals surface area contributed by atoms with Crippen molar-refractivity contribution < 1.29 is 4.74 Å². The molecule has 0 fully saturated rings. The van der Waals surface area contributed by atoms with Crippen molar-refractivity contribution in [2.45, 2.75) is 10.8 Å². The molecule has 2 aromatic carbocycles. The van der Waals surface area contributed by atoms with E-state index < -0.39 is 0 Å². The van der Waals surface area contributed by atoms with Gasteiger partial charge in [0, 0.05) is 16.6 Å². The lowest BCUT2D eigenvalue weighted by atomic mass is 10.0. The lowest BCUT2D eigenvalue weighted by Crippen LogP contribution is -2.11. The highest BCUT2D eigenvalue weighted by Gasteiger charge is 2.23. The lowest BCUT2D eigenvalue weighted by molar-refractivity contribution is 0.297. The van der Waals surface area contributed by atoms with Crippen LogP contribution in [-0.4, -0.2) is 12.4 Å². The highest BCUT2D eigenvalue weighted by molar-refractivity contribution is 14.1. The third kappa shape index (κ3) is 2.97. The number of anilines is 1. The Morgan fingerprint density at radius 1 is 1.38 bits per heavy atom. The Bertz CT molecular complexity index is 703. The predicted octanol–water partition coefficient (Wildman–Crippen LogP) is 4.01. The molecule has 1 unspecified atom stereocenters. The van der Waals surface area contributed by atoms with Crippen molar-refractivity contribution in [2.75, 3.05) is 18.1 Å². The van der Waals surface area contributed by atoms with Crippen LogP contribution < -0.4 is 10.5 Å². The van der Waals surface area contributed by atoms with Gasteiger partial charge in [0.05, 0.1) is 27.5 Å². The maximum absolute atomic E-state index is 8.94. The van der Waals surface area contributed by atoms with Crippen LogP contribution in [0.5, 0.6) is 5.75 Å². The van der Waals surface area contributed by atoms with Crippen LogP contribution in [0.3, 0.4) is 0 Å². The minimum atomic E-state index is 0.386. The van der Waals surface area contributed by atoms with Crippen molar-refractivity contribution in [3.63, 3.8) is 0 Å². The van der Waals surface area contributed by atoms with Gasteiger partial charge in [-0.2, -0.15) is 5.26 Å². The fourth-order valence-corrected chi connectivity index (χ4v) is 4.42. The first-order chi connectivity index (χ1) is 10.2. The second-order valence-corrected chi connectivity index (χ2v) is 7.07. The third-order valence-electron chi connectivity index (χ3n) is 3.43. The number of fused-ring (bicyclic) bond motifs is 1. The van der Waals surface area contributed by atoms with E-state index in [2.05, 4.69) is 52.9 Å². The van der Waals surface area contributed by atoms with E-state index in [0.717, 1.165) is 9.32 Å². The van der Waals surface area contributed by atoms with Crippen molar-refractivity contribution in [1.29, 1.82) is 5.26 Å². The van der Waals surface area contributed by atoms with Gasteiger partial charge in [-0.1, -0.05) is 18.2 Å². The zero-order chi connectivity index (χ0) is 14.8. The Kier molecular flexibility index (Phi) is 4.27. The number of nitriles is 1. The first-order valence-electron chi connectivity index (χ1n) is 6.52. The van der Waals surface area contributed by atoms with Crippen molar-refractivity contribution in [3.05, 3.63) is 51.1 Å². The van der Waals surface area contributed by atoms with Crippen LogP contribution in [0.2, 0.25) is 0 Å². The Morgan fingerprint density at radius 2 is 2.19 bits per heavy atom. The fraction of sp³-hybridized carbons (Fsp3) is 0.188. The summed E-state index contributed by atoms with van der Waals surface area (Å²) >= 11 is 4.03. The van der Waals surface area contributed by atoms with Crippen LogP contribution in [0.25, 0.3) is 0 Å². The number of rotatable bonds is 3. The third-order valence-corrected chi connectivity index (χ3v) is 5.48. The molecule has 2 N–H and O–H groups in total. The summed E-state index contributed by atoms with van der Waals surface area (Å²) in [4.78, 5) is 1.34. The molecule has 0 aliphatic carbocycles. The van der Waals surface area contributed by atoms with E-state index >= 15 is 0 Å². The van der Waals surface area contributed by atoms with E-state index in [-0.39, 0.29) is 0 Å². The SMILES string of the molecule is N#Cc1cc(N)c(OCC2CSc3ccccc32)c(I)c1. The molecule has 0 amide bonds. The van der Waals surface area contributed by atoms with Gasteiger partial charge in [0.25, 0.3) is 0 Å². The van der Waals surface area contributed by atoms with Gasteiger partial charge in [0.15, 0.2) is 5.75 Å². The Morgan fingerprint density at radius 3 is 2.95 bits per heavy atom. The van der Waals surface area contributed by atoms with E-state index in [4.69, 9.17) is 15.7 Å². The summed E-state index contributed by atoms with van der Waals surface area (Å²) < 4.78 is 6.83. The monoisotopic (exact) mass is 408 g/mol. The lowest BCUT2D eigenvalue weighted by Gasteiger charge is -2.15. The number of thioether (sulfide) groups is 1. The number of ether oxygens (including phenoxy) is 1. The van der Waals surface area contributed by atoms with E-state index in [1.165, 1.54) is 10.5 Å². The highest BCUT2D eigenvalue weighted by Crippen LogP contribution is 2.40. The van der Waals surface area contributed by atoms with Crippen molar-refractivity contribution in [3.8, 4) is 11.8 Å². The van der Waals surface area contributed by atoms with Gasteiger partial charge >= 0.3 is 0 Å². The second-order valence-electron chi connectivity index (χ2n) is 4.84. The zero-order valence-electron chi connectivity index (χ0n) is 11.2. The minimum Gasteiger partial charge on any atom is -0.490 e. The summed E-state index contributed by atoms with van der Waals surface area (Å²) in [5, 5.41) is 8.94. The Labute approximate surface area is 141 Å². The average molecular weight is 408 g/mol. The number of hydrogen-bond donors (Lipinski definition) is 1. The second kappa shape index (κ2) is 6.16. The molecule has 0 aromatic heterocycles. The number of halogens is 1. The molecule has 0 spiro atoms. The van der Waals surface area contributed by atoms with Gasteiger partial charge in [-0.3, -0.25) is 0 Å². The molecule has 0 saturated heterocycles. The molecule has 1 atom stereocenters. The van der Waals surface area contributed by atoms with Gasteiger partial charge < -0.3 is 10.5 Å². The fourth-order valence-electron chi connectivity index (χ4n) is 2.38. The molecule has 0 bridgehead atoms. The topological polar surface area (TPSA) is 59.0 Å². The summed E-state index contributed by atoms with van der Waals surface area (Å²) in [7, 11) is 0. The molecule has 3 nitrogen and oxygen atoms in total. The van der Waals surface area contributed by atoms with Crippen LogP contribution in [-0.2, 0) is 0 Å². The van der Waals surface area contributed by atoms with Gasteiger partial charge in [-0.05, 0) is 46.4 Å². The van der Waals surface area contributed by atoms with E-state index in [1.54, 1.807) is 12.1 Å². The highest BCUT2D eigenvalue weighted by atomic mass is 127. The molecule has 3 rings (SSSR count). The molecule has 1 aliphatic rings. The Balaban J connectivity index is 1.77. The largest absolute Gasteiger partial charge is 0.490 e. The molecule has 2 aromatic rings. The molecule has 1 heterocycles. The molecule has 0 saturated carbocycles. The predicted molar refractivity (Wildman–Crippen MR) is 93.7 cm³/mol. The summed E-state index contributed by atoms with van der Waals surface area (Å²) in [6.45, 7) is 0.607. The number of nitrogen functional groups attached to an aromatic ring is 1. The standard InChI is InChI=1S/C16H13IN2OS/c17-13-5-10(7-18)6-14(19)16(13)20-8-11-9-21-15-4-2-1-3-12(11)15/h1-6,11H,8-9,19H2. The molecular formula is C16H13IN2OS. The summed E-state index contributed by atoms with van der Waals surface area (Å²) in [6, 6.07) is 14.0. The van der Waals surface area contributed by atoms with Crippen LogP contribution in [0, 0.1) is 14.9 Å². The quantitative estimate of drug-likeness (QED) is 0.616. The van der Waals surface area contributed by atoms with Crippen LogP contribution >= 0.6 is 34.4 Å². The zero-order valence-corrected chi connectivity index (χ0v) is 14.1. The molecule has 21 heavy (non-hydrogen) atoms. The van der Waals surface area contributed by atoms with Crippen molar-refractivity contribution in [1.82, 2.24) is 0 Å². The summed E-state index contributed by atoms with van der Waals surface area (Å²) in [6.07, 6.45) is 0. The molecule has 106 valence electrons. The van der Waals surface area contributed by atoms with Gasteiger partial charge in [-0.25, -0.2) is 0 Å². The summed E-state index contributed by atoms with van der Waals surface area (Å²) in [5.74, 6) is 2.10. The average Bonchev–Trinajstić information content (AvgIpc) is 2.89. The van der Waals surface area contributed by atoms with Crippen LogP contribution in [0.1, 0.15) is 17.0 Å². The number of hydrogen-bond acceptors (Lipinski definition) is 4. The Hall–Kier alpha value is -1.39. The number of nitrogens with two attached hydrogens (primary N) is 1. The molecular weight excluding hydrogens is 395 g/mol. The maximum atomic E-state index is 8.94. The molecule has 1 aliphatic heterocycles.